The lowest BCUT2D eigenvalue weighted by Crippen LogP contribution is -2.30. The largest absolute Gasteiger partial charge is 0.504 e. The maximum Gasteiger partial charge on any atom is 0.504 e. The molecule has 18 heavy (non-hydrogen) atoms. The first kappa shape index (κ1) is 16.9. The van der Waals surface area contributed by atoms with E-state index in [1.54, 1.807) is 20.8 Å². The van der Waals surface area contributed by atoms with Crippen molar-refractivity contribution >= 4 is 19.0 Å². The van der Waals surface area contributed by atoms with Crippen molar-refractivity contribution in [2.45, 2.75) is 26.4 Å². The van der Waals surface area contributed by atoms with Crippen LogP contribution in [0, 0.1) is 0 Å². The van der Waals surface area contributed by atoms with Gasteiger partial charge in [0.1, 0.15) is 5.60 Å². The molecule has 0 aromatic carbocycles. The number of nitrogens with zero attached hydrogens (tertiary/aromatic N) is 2. The number of rotatable bonds is 6. The molecule has 0 radical (unpaired) electrons. The molecule has 0 aliphatic rings. The van der Waals surface area contributed by atoms with E-state index in [2.05, 4.69) is 23.9 Å². The van der Waals surface area contributed by atoms with E-state index in [1.807, 2.05) is 0 Å². The molecule has 10 heteroatoms. The molecule has 0 aromatic rings. The van der Waals surface area contributed by atoms with E-state index in [1.165, 1.54) is 0 Å². The summed E-state index contributed by atoms with van der Waals surface area (Å²) in [4.78, 5) is 22.5. The van der Waals surface area contributed by atoms with Gasteiger partial charge < -0.3 is 10.3 Å². The summed E-state index contributed by atoms with van der Waals surface area (Å²) >= 11 is 0. The van der Waals surface area contributed by atoms with Crippen LogP contribution in [0.2, 0.25) is 0 Å². The Hall–Kier alpha value is -1.08. The highest BCUT2D eigenvalue weighted by molar-refractivity contribution is 7.74. The molecular formula is C8H15N2O7P. The molecule has 0 N–H and O–H groups in total. The fraction of sp³-hybridized carbons (Fsp3) is 0.750. The van der Waals surface area contributed by atoms with Gasteiger partial charge in [-0.05, 0) is 20.8 Å². The minimum Gasteiger partial charge on any atom is -0.451 e. The van der Waals surface area contributed by atoms with Gasteiger partial charge >= 0.3 is 19.0 Å². The Labute approximate surface area is 104 Å². The third-order valence-electron chi connectivity index (χ3n) is 1.28. The molecule has 0 rings (SSSR count). The Balaban J connectivity index is 5.23. The molecule has 0 saturated carbocycles. The van der Waals surface area contributed by atoms with Crippen molar-refractivity contribution in [1.82, 2.24) is 0 Å². The minimum absolute atomic E-state index is 0.891. The molecule has 0 atom stereocenters. The van der Waals surface area contributed by atoms with Crippen LogP contribution in [0.1, 0.15) is 20.8 Å². The summed E-state index contributed by atoms with van der Waals surface area (Å²) in [6.07, 6.45) is 0. The monoisotopic (exact) mass is 282 g/mol. The average molecular weight is 282 g/mol. The normalized spacial score (nSPS) is 11.8. The second kappa shape index (κ2) is 6.75. The van der Waals surface area contributed by atoms with Crippen molar-refractivity contribution < 1.29 is 38.0 Å². The number of hydrogen-bond acceptors (Lipinski definition) is 7. The topological polar surface area (TPSA) is 117 Å². The van der Waals surface area contributed by atoms with Gasteiger partial charge in [0.05, 0.1) is 14.2 Å². The zero-order valence-corrected chi connectivity index (χ0v) is 11.6. The molecule has 0 bridgehead atoms. The van der Waals surface area contributed by atoms with Gasteiger partial charge in [0.2, 0.25) is 0 Å². The molecular weight excluding hydrogens is 267 g/mol. The fourth-order valence-corrected chi connectivity index (χ4v) is 1.75. The van der Waals surface area contributed by atoms with Gasteiger partial charge in [-0.15, -0.1) is 14.1 Å². The Morgan fingerprint density at radius 3 is 1.89 bits per heavy atom. The molecule has 0 aromatic heterocycles. The first-order valence-corrected chi connectivity index (χ1v) is 6.25. The molecule has 9 nitrogen and oxygen atoms in total. The van der Waals surface area contributed by atoms with Crippen molar-refractivity contribution in [3.63, 3.8) is 0 Å². The number of hydrogen-bond donors (Lipinski definition) is 0. The number of carbonyl (C=O) groups excluding carboxylic acids is 1. The second-order valence-electron chi connectivity index (χ2n) is 3.91. The molecule has 0 saturated heterocycles. The number of carbonyl (C=O) groups is 1. The lowest BCUT2D eigenvalue weighted by molar-refractivity contribution is -0.240. The molecule has 0 aliphatic heterocycles. The van der Waals surface area contributed by atoms with Crippen molar-refractivity contribution in [2.75, 3.05) is 14.2 Å². The van der Waals surface area contributed by atoms with Crippen molar-refractivity contribution in [1.29, 1.82) is 0 Å². The van der Waals surface area contributed by atoms with E-state index in [4.69, 9.17) is 10.3 Å². The Bertz CT molecular complexity index is 387. The molecule has 0 aliphatic carbocycles. The first-order chi connectivity index (χ1) is 8.20. The molecule has 0 amide bonds. The smallest absolute Gasteiger partial charge is 0.451 e. The summed E-state index contributed by atoms with van der Waals surface area (Å²) in [6.45, 7) is 4.71. The predicted molar refractivity (Wildman–Crippen MR) is 58.3 cm³/mol. The molecule has 0 fully saturated rings. The fourth-order valence-electron chi connectivity index (χ4n) is 0.810. The highest BCUT2D eigenvalue weighted by atomic mass is 31.2. The van der Waals surface area contributed by atoms with E-state index in [0.29, 0.717) is 0 Å². The molecule has 0 spiro atoms. The number of ether oxygens (including phenoxy) is 1. The molecule has 104 valence electrons. The van der Waals surface area contributed by atoms with Crippen LogP contribution in [0.15, 0.2) is 0 Å². The van der Waals surface area contributed by atoms with Crippen LogP contribution in [0.3, 0.4) is 0 Å². The summed E-state index contributed by atoms with van der Waals surface area (Å²) in [6, 6.07) is 0. The van der Waals surface area contributed by atoms with E-state index >= 15 is 0 Å². The van der Waals surface area contributed by atoms with E-state index < -0.39 is 24.6 Å². The van der Waals surface area contributed by atoms with Gasteiger partial charge in [0.15, 0.2) is 0 Å². The van der Waals surface area contributed by atoms with Crippen LogP contribution < -0.4 is 0 Å². The van der Waals surface area contributed by atoms with Gasteiger partial charge in [-0.2, -0.15) is 0 Å². The molecule has 0 heterocycles. The zero-order valence-electron chi connectivity index (χ0n) is 10.7. The predicted octanol–water partition coefficient (Wildman–Crippen LogP) is 1.31. The number of esters is 1. The van der Waals surface area contributed by atoms with Crippen LogP contribution >= 0.6 is 7.60 Å². The van der Waals surface area contributed by atoms with Gasteiger partial charge in [-0.3, -0.25) is 0 Å². The maximum absolute atomic E-state index is 12.0. The van der Waals surface area contributed by atoms with Crippen molar-refractivity contribution in [3.05, 3.63) is 5.53 Å². The SMILES string of the molecule is COOP(=O)(OOC)C(=[N+]=[N-])C(=O)OC(C)(C)C. The lowest BCUT2D eigenvalue weighted by atomic mass is 10.2. The third kappa shape index (κ3) is 5.05. The van der Waals surface area contributed by atoms with E-state index in [9.17, 15) is 9.36 Å². The summed E-state index contributed by atoms with van der Waals surface area (Å²) in [5, 5.41) is 0. The quantitative estimate of drug-likeness (QED) is 0.137. The van der Waals surface area contributed by atoms with Crippen LogP contribution in [-0.4, -0.2) is 36.0 Å². The highest BCUT2D eigenvalue weighted by Crippen LogP contribution is 2.49. The van der Waals surface area contributed by atoms with E-state index in [-0.39, 0.29) is 0 Å². The van der Waals surface area contributed by atoms with Crippen LogP contribution in [-0.2, 0) is 33.2 Å². The van der Waals surface area contributed by atoms with Crippen LogP contribution in [0.25, 0.3) is 5.53 Å². The Morgan fingerprint density at radius 1 is 1.17 bits per heavy atom. The summed E-state index contributed by atoms with van der Waals surface area (Å²) in [5.74, 6) is -1.19. The lowest BCUT2D eigenvalue weighted by Gasteiger charge is -2.18. The van der Waals surface area contributed by atoms with Gasteiger partial charge in [-0.1, -0.05) is 0 Å². The maximum atomic E-state index is 12.0. The zero-order chi connectivity index (χ0) is 14.4. The Morgan fingerprint density at radius 2 is 1.61 bits per heavy atom. The highest BCUT2D eigenvalue weighted by Gasteiger charge is 2.51. The van der Waals surface area contributed by atoms with Crippen molar-refractivity contribution in [2.24, 2.45) is 0 Å². The average Bonchev–Trinajstić information content (AvgIpc) is 2.15. The van der Waals surface area contributed by atoms with Gasteiger partial charge in [0, 0.05) is 0 Å². The third-order valence-corrected chi connectivity index (χ3v) is 2.76. The van der Waals surface area contributed by atoms with E-state index in [0.717, 1.165) is 14.2 Å². The van der Waals surface area contributed by atoms with Crippen LogP contribution in [0.4, 0.5) is 0 Å². The standard InChI is InChI=1S/C8H15N2O7P/c1-8(2,3)15-7(11)6(10-9)18(12,16-13-4)17-14-5/h1-5H3. The van der Waals surface area contributed by atoms with Crippen LogP contribution in [0.5, 0.6) is 0 Å². The second-order valence-corrected chi connectivity index (χ2v) is 5.62. The first-order valence-electron chi connectivity index (χ1n) is 4.71. The summed E-state index contributed by atoms with van der Waals surface area (Å²) in [7, 11) is -2.34. The van der Waals surface area contributed by atoms with Gasteiger partial charge in [0.25, 0.3) is 0 Å². The summed E-state index contributed by atoms with van der Waals surface area (Å²) < 4.78 is 25.4. The minimum atomic E-state index is -4.39. The summed E-state index contributed by atoms with van der Waals surface area (Å²) in [5.41, 5.74) is 6.84. The van der Waals surface area contributed by atoms with Crippen molar-refractivity contribution in [3.8, 4) is 0 Å². The Kier molecular flexibility index (Phi) is 6.34. The van der Waals surface area contributed by atoms with Gasteiger partial charge in [-0.25, -0.2) is 19.1 Å². The molecule has 0 unspecified atom stereocenters.